The van der Waals surface area contributed by atoms with Crippen molar-refractivity contribution in [3.05, 3.63) is 22.3 Å². The Balaban J connectivity index is 3.45. The van der Waals surface area contributed by atoms with Crippen molar-refractivity contribution in [2.24, 2.45) is 0 Å². The Morgan fingerprint density at radius 2 is 1.93 bits per heavy atom. The Bertz CT molecular complexity index is 407. The number of esters is 1. The van der Waals surface area contributed by atoms with Crippen LogP contribution in [0.1, 0.15) is 10.4 Å². The molecule has 0 fully saturated rings. The summed E-state index contributed by atoms with van der Waals surface area (Å²) in [5.74, 6) is -0.295. The zero-order valence-electron chi connectivity index (χ0n) is 8.03. The van der Waals surface area contributed by atoms with Crippen LogP contribution in [-0.2, 0) is 4.74 Å². The highest BCUT2D eigenvalue weighted by Gasteiger charge is 2.19. The second kappa shape index (κ2) is 5.84. The maximum Gasteiger partial charge on any atom is 0.340 e. The number of halogens is 3. The van der Waals surface area contributed by atoms with Crippen molar-refractivity contribution >= 4 is 79.4 Å². The first-order valence-corrected chi connectivity index (χ1v) is 7.20. The fourth-order valence-corrected chi connectivity index (χ4v) is 5.46. The van der Waals surface area contributed by atoms with Crippen molar-refractivity contribution in [1.82, 2.24) is 0 Å². The molecule has 0 saturated heterocycles. The summed E-state index contributed by atoms with van der Waals surface area (Å²) in [6.07, 6.45) is 0. The van der Waals surface area contributed by atoms with Gasteiger partial charge in [0.25, 0.3) is 0 Å². The molecular formula is C9H8I3NO2. The summed E-state index contributed by atoms with van der Waals surface area (Å²) < 4.78 is 7.66. The lowest BCUT2D eigenvalue weighted by Crippen LogP contribution is -2.10. The predicted octanol–water partition coefficient (Wildman–Crippen LogP) is 3.33. The fourth-order valence-electron chi connectivity index (χ4n) is 1.11. The van der Waals surface area contributed by atoms with E-state index in [1.165, 1.54) is 7.11 Å². The number of methoxy groups -OCH3 is 1. The number of nitrogens with one attached hydrogen (secondary N) is 1. The van der Waals surface area contributed by atoms with Crippen molar-refractivity contribution in [2.75, 3.05) is 19.5 Å². The average molecular weight is 543 g/mol. The number of carbonyl (C=O) groups is 1. The van der Waals surface area contributed by atoms with Gasteiger partial charge in [0.1, 0.15) is 0 Å². The molecule has 0 aromatic heterocycles. The van der Waals surface area contributed by atoms with Gasteiger partial charge in [0.05, 0.1) is 21.9 Å². The third-order valence-electron chi connectivity index (χ3n) is 1.81. The van der Waals surface area contributed by atoms with Gasteiger partial charge in [0.2, 0.25) is 0 Å². The van der Waals surface area contributed by atoms with Crippen LogP contribution in [0.15, 0.2) is 6.07 Å². The molecule has 1 rings (SSSR count). The molecule has 0 atom stereocenters. The Kier molecular flexibility index (Phi) is 5.36. The van der Waals surface area contributed by atoms with Crippen LogP contribution in [0.25, 0.3) is 0 Å². The normalized spacial score (nSPS) is 9.93. The van der Waals surface area contributed by atoms with Crippen LogP contribution in [0.5, 0.6) is 0 Å². The summed E-state index contributed by atoms with van der Waals surface area (Å²) in [5.41, 5.74) is 1.60. The lowest BCUT2D eigenvalue weighted by molar-refractivity contribution is 0.0598. The van der Waals surface area contributed by atoms with E-state index in [4.69, 9.17) is 4.74 Å². The first kappa shape index (κ1) is 13.7. The maximum atomic E-state index is 11.6. The average Bonchev–Trinajstić information content (AvgIpc) is 2.17. The fraction of sp³-hybridized carbons (Fsp3) is 0.222. The van der Waals surface area contributed by atoms with E-state index in [2.05, 4.69) is 73.1 Å². The number of hydrogen-bond acceptors (Lipinski definition) is 3. The molecular weight excluding hydrogens is 535 g/mol. The highest BCUT2D eigenvalue weighted by atomic mass is 127. The minimum Gasteiger partial charge on any atom is -0.465 e. The van der Waals surface area contributed by atoms with Gasteiger partial charge in [0, 0.05) is 14.2 Å². The van der Waals surface area contributed by atoms with Gasteiger partial charge in [-0.25, -0.2) is 4.79 Å². The minimum atomic E-state index is -0.295. The van der Waals surface area contributed by atoms with Gasteiger partial charge in [-0.1, -0.05) is 0 Å². The Labute approximate surface area is 129 Å². The molecule has 3 nitrogen and oxygen atoms in total. The zero-order valence-corrected chi connectivity index (χ0v) is 14.5. The standard InChI is InChI=1S/C9H8I3NO2/c1-13-8-5(11)3-4(10)6(7(8)12)9(14)15-2/h3,13H,1-2H3. The second-order valence-corrected chi connectivity index (χ2v) is 6.05. The van der Waals surface area contributed by atoms with Gasteiger partial charge >= 0.3 is 5.97 Å². The summed E-state index contributed by atoms with van der Waals surface area (Å²) in [6.45, 7) is 0. The Morgan fingerprint density at radius 1 is 1.33 bits per heavy atom. The maximum absolute atomic E-state index is 11.6. The van der Waals surface area contributed by atoms with Crippen LogP contribution in [0, 0.1) is 10.7 Å². The number of hydrogen-bond donors (Lipinski definition) is 1. The third-order valence-corrected chi connectivity index (χ3v) is 4.59. The van der Waals surface area contributed by atoms with Gasteiger partial charge < -0.3 is 10.1 Å². The van der Waals surface area contributed by atoms with Crippen LogP contribution in [0.4, 0.5) is 5.69 Å². The molecule has 0 aliphatic heterocycles. The molecule has 15 heavy (non-hydrogen) atoms. The molecule has 0 unspecified atom stereocenters. The minimum absolute atomic E-state index is 0.295. The number of ether oxygens (including phenoxy) is 1. The van der Waals surface area contributed by atoms with Gasteiger partial charge in [-0.15, -0.1) is 0 Å². The van der Waals surface area contributed by atoms with Crippen LogP contribution in [0.3, 0.4) is 0 Å². The summed E-state index contributed by atoms with van der Waals surface area (Å²) in [5, 5.41) is 3.08. The molecule has 0 aliphatic rings. The van der Waals surface area contributed by atoms with E-state index in [1.54, 1.807) is 0 Å². The molecule has 82 valence electrons. The molecule has 0 aliphatic carbocycles. The first-order chi connectivity index (χ1) is 7.02. The molecule has 0 amide bonds. The SMILES string of the molecule is CNc1c(I)cc(I)c(C(=O)OC)c1I. The van der Waals surface area contributed by atoms with Crippen molar-refractivity contribution in [1.29, 1.82) is 0 Å². The van der Waals surface area contributed by atoms with Crippen LogP contribution >= 0.6 is 67.8 Å². The zero-order chi connectivity index (χ0) is 11.6. The molecule has 1 N–H and O–H groups in total. The summed E-state index contributed by atoms with van der Waals surface area (Å²) in [4.78, 5) is 11.6. The second-order valence-electron chi connectivity index (χ2n) is 2.65. The van der Waals surface area contributed by atoms with Crippen molar-refractivity contribution < 1.29 is 9.53 Å². The highest BCUT2D eigenvalue weighted by Crippen LogP contribution is 2.31. The van der Waals surface area contributed by atoms with Gasteiger partial charge in [-0.05, 0) is 73.8 Å². The van der Waals surface area contributed by atoms with Gasteiger partial charge in [-0.2, -0.15) is 0 Å². The third kappa shape index (κ3) is 2.87. The quantitative estimate of drug-likeness (QED) is 0.460. The van der Waals surface area contributed by atoms with E-state index in [1.807, 2.05) is 13.1 Å². The topological polar surface area (TPSA) is 38.3 Å². The van der Waals surface area contributed by atoms with Gasteiger partial charge in [-0.3, -0.25) is 0 Å². The van der Waals surface area contributed by atoms with Crippen molar-refractivity contribution in [3.8, 4) is 0 Å². The predicted molar refractivity (Wildman–Crippen MR) is 85.5 cm³/mol. The summed E-state index contributed by atoms with van der Waals surface area (Å²) >= 11 is 6.54. The molecule has 0 spiro atoms. The number of benzene rings is 1. The van der Waals surface area contributed by atoms with E-state index >= 15 is 0 Å². The summed E-state index contributed by atoms with van der Waals surface area (Å²) in [6, 6.07) is 1.96. The summed E-state index contributed by atoms with van der Waals surface area (Å²) in [7, 11) is 3.24. The van der Waals surface area contributed by atoms with Crippen LogP contribution in [-0.4, -0.2) is 20.1 Å². The van der Waals surface area contributed by atoms with E-state index in [9.17, 15) is 4.79 Å². The highest BCUT2D eigenvalue weighted by molar-refractivity contribution is 14.1. The molecule has 0 saturated carbocycles. The van der Waals surface area contributed by atoms with Crippen molar-refractivity contribution in [3.63, 3.8) is 0 Å². The molecule has 6 heteroatoms. The van der Waals surface area contributed by atoms with E-state index in [0.29, 0.717) is 5.56 Å². The van der Waals surface area contributed by atoms with Crippen molar-refractivity contribution in [2.45, 2.75) is 0 Å². The molecule has 1 aromatic carbocycles. The van der Waals surface area contributed by atoms with E-state index in [0.717, 1.165) is 16.4 Å². The molecule has 0 bridgehead atoms. The monoisotopic (exact) mass is 543 g/mol. The smallest absolute Gasteiger partial charge is 0.340 e. The molecule has 0 radical (unpaired) electrons. The van der Waals surface area contributed by atoms with E-state index < -0.39 is 0 Å². The number of carbonyl (C=O) groups excluding carboxylic acids is 1. The lowest BCUT2D eigenvalue weighted by Gasteiger charge is -2.12. The van der Waals surface area contributed by atoms with Gasteiger partial charge in [0.15, 0.2) is 0 Å². The van der Waals surface area contributed by atoms with E-state index in [-0.39, 0.29) is 5.97 Å². The Hall–Kier alpha value is 0.680. The van der Waals surface area contributed by atoms with Crippen LogP contribution in [0.2, 0.25) is 0 Å². The molecule has 1 aromatic rings. The lowest BCUT2D eigenvalue weighted by atomic mass is 10.2. The Morgan fingerprint density at radius 3 is 2.40 bits per heavy atom. The first-order valence-electron chi connectivity index (χ1n) is 3.96. The molecule has 0 heterocycles. The number of rotatable bonds is 2. The largest absolute Gasteiger partial charge is 0.465 e. The number of anilines is 1. The van der Waals surface area contributed by atoms with Crippen LogP contribution < -0.4 is 5.32 Å².